The van der Waals surface area contributed by atoms with Crippen molar-refractivity contribution in [1.82, 2.24) is 24.8 Å². The van der Waals surface area contributed by atoms with Crippen LogP contribution in [0.5, 0.6) is 0 Å². The molecule has 1 atom stereocenters. The van der Waals surface area contributed by atoms with E-state index in [9.17, 15) is 14.7 Å². The molecule has 0 saturated carbocycles. The van der Waals surface area contributed by atoms with E-state index in [1.165, 1.54) is 24.2 Å². The van der Waals surface area contributed by atoms with E-state index in [-0.39, 0.29) is 24.9 Å². The van der Waals surface area contributed by atoms with E-state index in [1.807, 2.05) is 6.07 Å². The summed E-state index contributed by atoms with van der Waals surface area (Å²) < 4.78 is 0. The van der Waals surface area contributed by atoms with Crippen molar-refractivity contribution >= 4 is 11.8 Å². The van der Waals surface area contributed by atoms with Gasteiger partial charge in [0.1, 0.15) is 0 Å². The van der Waals surface area contributed by atoms with E-state index in [2.05, 4.69) is 15.0 Å². The monoisotopic (exact) mass is 341 g/mol. The highest BCUT2D eigenvalue weighted by Crippen LogP contribution is 2.14. The molecule has 2 amide bonds. The minimum absolute atomic E-state index is 0.113. The zero-order valence-corrected chi connectivity index (χ0v) is 13.9. The number of aliphatic hydroxyl groups is 1. The number of nitrogens with zero attached hydrogens (tertiary/aromatic N) is 5. The van der Waals surface area contributed by atoms with Crippen LogP contribution in [0.2, 0.25) is 0 Å². The maximum Gasteiger partial charge on any atom is 0.257 e. The molecule has 0 radical (unpaired) electrons. The first-order chi connectivity index (χ1) is 12.0. The van der Waals surface area contributed by atoms with E-state index in [1.54, 1.807) is 23.4 Å². The van der Waals surface area contributed by atoms with Gasteiger partial charge in [0, 0.05) is 63.5 Å². The highest BCUT2D eigenvalue weighted by Gasteiger charge is 2.26. The van der Waals surface area contributed by atoms with E-state index >= 15 is 0 Å². The lowest BCUT2D eigenvalue weighted by Crippen LogP contribution is -2.37. The summed E-state index contributed by atoms with van der Waals surface area (Å²) in [5.41, 5.74) is 1.11. The van der Waals surface area contributed by atoms with Crippen molar-refractivity contribution in [2.24, 2.45) is 0 Å². The van der Waals surface area contributed by atoms with Crippen LogP contribution in [0, 0.1) is 0 Å². The van der Waals surface area contributed by atoms with Gasteiger partial charge in [-0.05, 0) is 12.1 Å². The molecule has 3 rings (SSSR count). The van der Waals surface area contributed by atoms with Crippen molar-refractivity contribution in [3.8, 4) is 11.4 Å². The van der Waals surface area contributed by atoms with Crippen LogP contribution in [0.3, 0.4) is 0 Å². The van der Waals surface area contributed by atoms with Crippen LogP contribution in [0.1, 0.15) is 17.3 Å². The summed E-state index contributed by atoms with van der Waals surface area (Å²) in [6.07, 6.45) is 5.48. The van der Waals surface area contributed by atoms with Crippen LogP contribution in [-0.2, 0) is 4.79 Å². The Morgan fingerprint density at radius 1 is 1.12 bits per heavy atom. The van der Waals surface area contributed by atoms with Crippen LogP contribution in [0.25, 0.3) is 11.4 Å². The lowest BCUT2D eigenvalue weighted by Gasteiger charge is -2.21. The van der Waals surface area contributed by atoms with Crippen LogP contribution in [-0.4, -0.2) is 74.0 Å². The van der Waals surface area contributed by atoms with Gasteiger partial charge in [0.25, 0.3) is 5.91 Å². The molecule has 2 aromatic heterocycles. The Labute approximate surface area is 145 Å². The molecule has 2 aromatic rings. The molecule has 1 N–H and O–H groups in total. The predicted octanol–water partition coefficient (Wildman–Crippen LogP) is 0.204. The summed E-state index contributed by atoms with van der Waals surface area (Å²) in [5.74, 6) is 0.114. The molecule has 1 aliphatic rings. The first-order valence-electron chi connectivity index (χ1n) is 8.00. The Kier molecular flexibility index (Phi) is 4.99. The standard InChI is InChI=1S/C17H19N5O3/c1-12(23)21-5-6-22(11-15(24)10-21)17(25)14-8-19-16(20-9-14)13-3-2-4-18-7-13/h2-4,7-9,15,24H,5-6,10-11H2,1H3/t15-/m0/s1. The zero-order valence-electron chi connectivity index (χ0n) is 13.9. The maximum absolute atomic E-state index is 12.6. The highest BCUT2D eigenvalue weighted by atomic mass is 16.3. The third kappa shape index (κ3) is 3.97. The van der Waals surface area contributed by atoms with Crippen LogP contribution in [0.15, 0.2) is 36.9 Å². The van der Waals surface area contributed by atoms with Crippen molar-refractivity contribution in [2.45, 2.75) is 13.0 Å². The van der Waals surface area contributed by atoms with Crippen molar-refractivity contribution < 1.29 is 14.7 Å². The van der Waals surface area contributed by atoms with Crippen molar-refractivity contribution in [2.75, 3.05) is 26.2 Å². The van der Waals surface area contributed by atoms with Crippen LogP contribution >= 0.6 is 0 Å². The van der Waals surface area contributed by atoms with Crippen molar-refractivity contribution in [3.05, 3.63) is 42.5 Å². The molecule has 25 heavy (non-hydrogen) atoms. The van der Waals surface area contributed by atoms with Crippen LogP contribution in [0.4, 0.5) is 0 Å². The quantitative estimate of drug-likeness (QED) is 0.838. The van der Waals surface area contributed by atoms with Crippen molar-refractivity contribution in [1.29, 1.82) is 0 Å². The first kappa shape index (κ1) is 17.0. The van der Waals surface area contributed by atoms with Gasteiger partial charge in [-0.15, -0.1) is 0 Å². The molecule has 8 heteroatoms. The molecule has 1 aliphatic heterocycles. The lowest BCUT2D eigenvalue weighted by molar-refractivity contribution is -0.129. The molecule has 130 valence electrons. The zero-order chi connectivity index (χ0) is 17.8. The number of pyridine rings is 1. The Bertz CT molecular complexity index is 751. The summed E-state index contributed by atoms with van der Waals surface area (Å²) in [4.78, 5) is 39.7. The molecule has 8 nitrogen and oxygen atoms in total. The Morgan fingerprint density at radius 2 is 1.80 bits per heavy atom. The van der Waals surface area contributed by atoms with Gasteiger partial charge in [0.2, 0.25) is 5.91 Å². The third-order valence-electron chi connectivity index (χ3n) is 4.05. The Hall–Kier alpha value is -2.87. The summed E-state index contributed by atoms with van der Waals surface area (Å²) in [5, 5.41) is 10.0. The molecule has 0 aliphatic carbocycles. The predicted molar refractivity (Wildman–Crippen MR) is 89.4 cm³/mol. The number of β-amino-alcohol motifs (C(OH)–C–C–N with tert-alkyl or cyclic N) is 1. The van der Waals surface area contributed by atoms with Gasteiger partial charge in [-0.1, -0.05) is 0 Å². The summed E-state index contributed by atoms with van der Waals surface area (Å²) in [7, 11) is 0. The summed E-state index contributed by atoms with van der Waals surface area (Å²) in [6, 6.07) is 3.63. The Balaban J connectivity index is 1.73. The number of hydrogen-bond donors (Lipinski definition) is 1. The van der Waals surface area contributed by atoms with Gasteiger partial charge in [-0.2, -0.15) is 0 Å². The van der Waals surface area contributed by atoms with E-state index in [0.717, 1.165) is 5.56 Å². The highest BCUT2D eigenvalue weighted by molar-refractivity contribution is 5.93. The molecule has 0 bridgehead atoms. The number of carbonyl (C=O) groups is 2. The number of carbonyl (C=O) groups excluding carboxylic acids is 2. The van der Waals surface area contributed by atoms with Crippen molar-refractivity contribution in [3.63, 3.8) is 0 Å². The normalized spacial score (nSPS) is 17.9. The van der Waals surface area contributed by atoms with Crippen LogP contribution < -0.4 is 0 Å². The second-order valence-corrected chi connectivity index (χ2v) is 5.91. The average Bonchev–Trinajstić information content (AvgIpc) is 2.84. The van der Waals surface area contributed by atoms with E-state index < -0.39 is 6.10 Å². The fraction of sp³-hybridized carbons (Fsp3) is 0.353. The van der Waals surface area contributed by atoms with Gasteiger partial charge in [0.15, 0.2) is 5.82 Å². The molecular formula is C17H19N5O3. The number of aromatic nitrogens is 3. The number of hydrogen-bond acceptors (Lipinski definition) is 6. The second-order valence-electron chi connectivity index (χ2n) is 5.91. The number of rotatable bonds is 2. The number of amides is 2. The van der Waals surface area contributed by atoms with Gasteiger partial charge in [0.05, 0.1) is 11.7 Å². The minimum Gasteiger partial charge on any atom is -0.389 e. The SMILES string of the molecule is CC(=O)N1CCN(C(=O)c2cnc(-c3cccnc3)nc2)C[C@@H](O)C1. The molecule has 0 unspecified atom stereocenters. The second kappa shape index (κ2) is 7.35. The van der Waals surface area contributed by atoms with Gasteiger partial charge in [-0.25, -0.2) is 9.97 Å². The molecule has 0 aromatic carbocycles. The molecular weight excluding hydrogens is 322 g/mol. The summed E-state index contributed by atoms with van der Waals surface area (Å²) >= 11 is 0. The molecule has 1 fully saturated rings. The topological polar surface area (TPSA) is 99.5 Å². The maximum atomic E-state index is 12.6. The smallest absolute Gasteiger partial charge is 0.257 e. The largest absolute Gasteiger partial charge is 0.389 e. The van der Waals surface area contributed by atoms with Gasteiger partial charge in [-0.3, -0.25) is 14.6 Å². The van der Waals surface area contributed by atoms with Gasteiger partial charge < -0.3 is 14.9 Å². The fourth-order valence-electron chi connectivity index (χ4n) is 2.73. The third-order valence-corrected chi connectivity index (χ3v) is 4.05. The lowest BCUT2D eigenvalue weighted by atomic mass is 10.2. The fourth-order valence-corrected chi connectivity index (χ4v) is 2.73. The summed E-state index contributed by atoms with van der Waals surface area (Å²) in [6.45, 7) is 2.62. The molecule has 3 heterocycles. The number of aliphatic hydroxyl groups excluding tert-OH is 1. The molecule has 1 saturated heterocycles. The first-order valence-corrected chi connectivity index (χ1v) is 8.00. The van der Waals surface area contributed by atoms with E-state index in [0.29, 0.717) is 24.5 Å². The van der Waals surface area contributed by atoms with E-state index in [4.69, 9.17) is 0 Å². The molecule has 0 spiro atoms. The Morgan fingerprint density at radius 3 is 2.44 bits per heavy atom. The average molecular weight is 341 g/mol. The minimum atomic E-state index is -0.772. The van der Waals surface area contributed by atoms with Gasteiger partial charge >= 0.3 is 0 Å².